The average molecular weight is 744 g/mol. The van der Waals surface area contributed by atoms with Gasteiger partial charge >= 0.3 is 0 Å². The number of sulfone groups is 1. The molecule has 0 aliphatic rings. The molecule has 0 aliphatic heterocycles. The largest absolute Gasteiger partial charge is 0.505 e. The highest BCUT2D eigenvalue weighted by Gasteiger charge is 2.25. The van der Waals surface area contributed by atoms with Crippen LogP contribution in [0.2, 0.25) is 0 Å². The number of nitrogens with zero attached hydrogens (tertiary/aromatic N) is 4. The smallest absolute Gasteiger partial charge is 0.296 e. The molecule has 48 heavy (non-hydrogen) atoms. The minimum atomic E-state index is -4.99. The highest BCUT2D eigenvalue weighted by Crippen LogP contribution is 2.49. The van der Waals surface area contributed by atoms with Crippen LogP contribution in [0.25, 0.3) is 10.8 Å². The van der Waals surface area contributed by atoms with Crippen molar-refractivity contribution in [3.63, 3.8) is 0 Å². The molecule has 0 atom stereocenters. The van der Waals surface area contributed by atoms with E-state index in [0.717, 1.165) is 18.1 Å². The van der Waals surface area contributed by atoms with Gasteiger partial charge in [0.05, 0.1) is 75.3 Å². The Morgan fingerprint density at radius 2 is 1.42 bits per heavy atom. The molecule has 18 nitrogen and oxygen atoms in total. The van der Waals surface area contributed by atoms with Gasteiger partial charge in [0, 0.05) is 4.90 Å². The number of hydrogen-bond acceptors (Lipinski definition) is 19. The summed E-state index contributed by atoms with van der Waals surface area (Å²) in [5, 5.41) is 57.1. The molecule has 0 saturated carbocycles. The van der Waals surface area contributed by atoms with Gasteiger partial charge in [-0.2, -0.15) is 23.0 Å². The number of phenols is 1. The summed E-state index contributed by atoms with van der Waals surface area (Å²) in [5.41, 5.74) is 5.41. The first-order valence-corrected chi connectivity index (χ1v) is 17.7. The number of benzene rings is 4. The van der Waals surface area contributed by atoms with Crippen LogP contribution in [0.5, 0.6) is 5.75 Å². The molecule has 0 unspecified atom stereocenters. The minimum Gasteiger partial charge on any atom is -0.505 e. The highest BCUT2D eigenvalue weighted by atomic mass is 32.2. The quantitative estimate of drug-likeness (QED) is 0.0160. The second-order valence-corrected chi connectivity index (χ2v) is 14.2. The van der Waals surface area contributed by atoms with Crippen molar-refractivity contribution < 1.29 is 60.6 Å². The molecule has 0 radical (unpaired) electrons. The third-order valence-corrected chi connectivity index (χ3v) is 9.85. The fourth-order valence-corrected chi connectivity index (χ4v) is 6.53. The number of phenolic OH excluding ortho intramolecular Hbond substituents is 1. The van der Waals surface area contributed by atoms with E-state index in [9.17, 15) is 26.5 Å². The number of fused-ring (bicyclic) bond motifs is 1. The van der Waals surface area contributed by atoms with E-state index in [1.807, 2.05) is 0 Å². The summed E-state index contributed by atoms with van der Waals surface area (Å²) in [7, 11) is -8.74. The number of rotatable bonds is 16. The molecule has 4 aromatic carbocycles. The molecule has 4 rings (SSSR count). The van der Waals surface area contributed by atoms with E-state index in [2.05, 4.69) is 29.8 Å². The van der Waals surface area contributed by atoms with Crippen molar-refractivity contribution in [2.75, 3.05) is 31.3 Å². The van der Waals surface area contributed by atoms with Gasteiger partial charge in [-0.25, -0.2) is 18.6 Å². The predicted molar refractivity (Wildman–Crippen MR) is 171 cm³/mol. The van der Waals surface area contributed by atoms with E-state index in [4.69, 9.17) is 30.4 Å². The topological polar surface area (TPSA) is 282 Å². The lowest BCUT2D eigenvalue weighted by Crippen LogP contribution is -2.09. The molecule has 0 aromatic heterocycles. The number of azo groups is 2. The van der Waals surface area contributed by atoms with Gasteiger partial charge in [0.2, 0.25) is 0 Å². The predicted octanol–water partition coefficient (Wildman–Crippen LogP) is 5.35. The molecule has 0 fully saturated rings. The molecular formula is C26H25N5O13S4. The Morgan fingerprint density at radius 1 is 0.792 bits per heavy atom. The molecule has 0 spiro atoms. The Kier molecular flexibility index (Phi) is 12.8. The third-order valence-electron chi connectivity index (χ3n) is 6.02. The van der Waals surface area contributed by atoms with Crippen LogP contribution in [-0.4, -0.2) is 67.5 Å². The van der Waals surface area contributed by atoms with Crippen molar-refractivity contribution >= 4 is 83.3 Å². The van der Waals surface area contributed by atoms with E-state index in [0.29, 0.717) is 22.6 Å². The lowest BCUT2D eigenvalue weighted by atomic mass is 10.1. The number of nitrogen functional groups attached to an aromatic ring is 1. The van der Waals surface area contributed by atoms with Crippen LogP contribution in [0.4, 0.5) is 28.4 Å². The van der Waals surface area contributed by atoms with Crippen LogP contribution >= 0.6 is 24.1 Å². The Morgan fingerprint density at radius 3 is 2.00 bits per heavy atom. The van der Waals surface area contributed by atoms with Crippen molar-refractivity contribution in [2.24, 2.45) is 20.5 Å². The Balaban J connectivity index is 1.77. The lowest BCUT2D eigenvalue weighted by molar-refractivity contribution is -0.432. The van der Waals surface area contributed by atoms with Gasteiger partial charge in [-0.3, -0.25) is 4.55 Å². The zero-order chi connectivity index (χ0) is 34.9. The fourth-order valence-electron chi connectivity index (χ4n) is 3.90. The Labute approximate surface area is 280 Å². The SMILES string of the molecule is Nc1c(N=Nc2ccc(S(=O)(=O)CCO)cc2)c(S(=O)(=O)O)cc2cc(SOOO)c(N=Nc3ccc(SOOCCO)cc3)c(O)c12. The average Bonchev–Trinajstić information content (AvgIpc) is 3.05. The molecule has 0 heterocycles. The molecule has 0 aliphatic carbocycles. The summed E-state index contributed by atoms with van der Waals surface area (Å²) in [4.78, 5) is 4.43. The highest BCUT2D eigenvalue weighted by molar-refractivity contribution is 7.95. The zero-order valence-corrected chi connectivity index (χ0v) is 27.4. The Bertz CT molecular complexity index is 2030. The summed E-state index contributed by atoms with van der Waals surface area (Å²) in [5.74, 6) is -1.12. The summed E-state index contributed by atoms with van der Waals surface area (Å²) in [6.45, 7) is -0.804. The van der Waals surface area contributed by atoms with Gasteiger partial charge in [-0.1, -0.05) is 5.04 Å². The van der Waals surface area contributed by atoms with Crippen molar-refractivity contribution in [3.8, 4) is 5.75 Å². The maximum atomic E-state index is 12.4. The molecule has 22 heteroatoms. The van der Waals surface area contributed by atoms with Gasteiger partial charge in [0.25, 0.3) is 10.1 Å². The number of aliphatic hydroxyl groups is 2. The maximum absolute atomic E-state index is 12.4. The Hall–Kier alpha value is -3.78. The normalized spacial score (nSPS) is 12.5. The van der Waals surface area contributed by atoms with Crippen LogP contribution in [0.1, 0.15) is 0 Å². The maximum Gasteiger partial charge on any atom is 0.296 e. The van der Waals surface area contributed by atoms with Crippen LogP contribution in [0, 0.1) is 0 Å². The lowest BCUT2D eigenvalue weighted by Gasteiger charge is -2.14. The first-order chi connectivity index (χ1) is 22.9. The van der Waals surface area contributed by atoms with Crippen molar-refractivity contribution in [1.29, 1.82) is 0 Å². The molecule has 0 amide bonds. The van der Waals surface area contributed by atoms with E-state index in [1.54, 1.807) is 24.3 Å². The number of hydrogen-bond donors (Lipinski definition) is 6. The van der Waals surface area contributed by atoms with E-state index in [1.165, 1.54) is 30.3 Å². The second-order valence-electron chi connectivity index (χ2n) is 9.14. The van der Waals surface area contributed by atoms with E-state index in [-0.39, 0.29) is 45.2 Å². The summed E-state index contributed by atoms with van der Waals surface area (Å²) >= 11 is 1.26. The van der Waals surface area contributed by atoms with Crippen LogP contribution in [-0.2, 0) is 38.5 Å². The van der Waals surface area contributed by atoms with E-state index >= 15 is 0 Å². The molecule has 4 aromatic rings. The third kappa shape index (κ3) is 9.22. The standard InChI is InChI=1S/C26H25N5O13S4/c27-23-22-15(14-21(48(38,39)40)25(23)31-29-17-3-7-19(8-4-17)47(36,37)12-10-33)13-20(46-44-42-35)24(26(22)34)30-28-16-1-5-18(6-2-16)45-43-41-11-9-32/h1-8,13-14,32-35H,9-12,27H2,(H,38,39,40). The van der Waals surface area contributed by atoms with Gasteiger partial charge in [-0.05, 0) is 66.0 Å². The number of aromatic hydroxyl groups is 1. The molecule has 7 N–H and O–H groups in total. The van der Waals surface area contributed by atoms with Crippen LogP contribution in [0.3, 0.4) is 0 Å². The first kappa shape index (κ1) is 37.0. The minimum absolute atomic E-state index is 0.0132. The zero-order valence-electron chi connectivity index (χ0n) is 24.1. The van der Waals surface area contributed by atoms with Gasteiger partial charge < -0.3 is 21.1 Å². The molecule has 256 valence electrons. The molecule has 0 saturated heterocycles. The van der Waals surface area contributed by atoms with Crippen LogP contribution in [0.15, 0.2) is 101 Å². The number of anilines is 1. The van der Waals surface area contributed by atoms with Gasteiger partial charge in [0.1, 0.15) is 22.9 Å². The van der Waals surface area contributed by atoms with Crippen LogP contribution < -0.4 is 5.73 Å². The summed E-state index contributed by atoms with van der Waals surface area (Å²) in [6.07, 6.45) is 0. The molecule has 0 bridgehead atoms. The van der Waals surface area contributed by atoms with Crippen molar-refractivity contribution in [3.05, 3.63) is 60.7 Å². The van der Waals surface area contributed by atoms with Crippen molar-refractivity contribution in [1.82, 2.24) is 0 Å². The monoisotopic (exact) mass is 743 g/mol. The van der Waals surface area contributed by atoms with Crippen molar-refractivity contribution in [2.45, 2.75) is 19.6 Å². The van der Waals surface area contributed by atoms with Gasteiger partial charge in [-0.15, -0.1) is 14.6 Å². The summed E-state index contributed by atoms with van der Waals surface area (Å²) in [6, 6.07) is 13.5. The first-order valence-electron chi connectivity index (χ1n) is 13.1. The van der Waals surface area contributed by atoms with E-state index < -0.39 is 54.3 Å². The fraction of sp³-hybridized carbons (Fsp3) is 0.154. The van der Waals surface area contributed by atoms with Gasteiger partial charge in [0.15, 0.2) is 15.6 Å². The second kappa shape index (κ2) is 16.6. The number of aliphatic hydroxyl groups excluding tert-OH is 2. The summed E-state index contributed by atoms with van der Waals surface area (Å²) < 4.78 is 68.4. The number of nitrogens with two attached hydrogens (primary N) is 1. The molecular weight excluding hydrogens is 719 g/mol.